The lowest BCUT2D eigenvalue weighted by Gasteiger charge is -2.12. The molecular weight excluding hydrogens is 294 g/mol. The van der Waals surface area contributed by atoms with Crippen molar-refractivity contribution in [3.05, 3.63) is 47.2 Å². The summed E-state index contributed by atoms with van der Waals surface area (Å²) < 4.78 is 17.2. The number of benzene rings is 1. The van der Waals surface area contributed by atoms with E-state index in [1.807, 2.05) is 45.2 Å². The Kier molecular flexibility index (Phi) is 4.40. The first kappa shape index (κ1) is 14.9. The highest BCUT2D eigenvalue weighted by Crippen LogP contribution is 2.14. The van der Waals surface area contributed by atoms with Crippen LogP contribution in [0.15, 0.2) is 40.9 Å². The standard InChI is InChI=1S/C14H16ClN3OS/c1-14(2,3)20(19)16-10-12-8-9-18(17-12)13-6-4-11(15)5-7-13/h4-10H,1-3H3. The molecule has 1 aromatic carbocycles. The van der Waals surface area contributed by atoms with Gasteiger partial charge in [0.25, 0.3) is 0 Å². The van der Waals surface area contributed by atoms with Crippen LogP contribution >= 0.6 is 11.6 Å². The van der Waals surface area contributed by atoms with E-state index in [2.05, 4.69) is 9.50 Å². The average Bonchev–Trinajstić information content (AvgIpc) is 2.84. The minimum atomic E-state index is -1.27. The van der Waals surface area contributed by atoms with Crippen molar-refractivity contribution in [1.29, 1.82) is 0 Å². The first-order valence-electron chi connectivity index (χ1n) is 6.14. The van der Waals surface area contributed by atoms with Gasteiger partial charge in [-0.2, -0.15) is 9.50 Å². The fourth-order valence-corrected chi connectivity index (χ4v) is 2.05. The zero-order valence-corrected chi connectivity index (χ0v) is 13.1. The van der Waals surface area contributed by atoms with E-state index in [4.69, 9.17) is 11.6 Å². The Bertz CT molecular complexity index is 641. The van der Waals surface area contributed by atoms with Gasteiger partial charge in [-0.05, 0) is 51.1 Å². The highest BCUT2D eigenvalue weighted by atomic mass is 35.5. The first-order chi connectivity index (χ1) is 9.36. The molecule has 0 radical (unpaired) electrons. The summed E-state index contributed by atoms with van der Waals surface area (Å²) in [4.78, 5) is 0. The van der Waals surface area contributed by atoms with E-state index in [1.54, 1.807) is 16.8 Å². The SMILES string of the molecule is CC(C)(C)S(=O)N=Cc1ccn(-c2ccc(Cl)cc2)n1. The number of rotatable bonds is 3. The molecule has 1 unspecified atom stereocenters. The third kappa shape index (κ3) is 3.77. The zero-order chi connectivity index (χ0) is 14.8. The monoisotopic (exact) mass is 309 g/mol. The summed E-state index contributed by atoms with van der Waals surface area (Å²) in [6, 6.07) is 9.19. The van der Waals surface area contributed by atoms with Gasteiger partial charge in [0.1, 0.15) is 16.7 Å². The van der Waals surface area contributed by atoms with E-state index in [0.717, 1.165) is 5.69 Å². The minimum absolute atomic E-state index is 0.366. The van der Waals surface area contributed by atoms with E-state index in [-0.39, 0.29) is 4.75 Å². The molecule has 0 saturated carbocycles. The summed E-state index contributed by atoms with van der Waals surface area (Å²) in [6.45, 7) is 5.65. The molecule has 0 spiro atoms. The Morgan fingerprint density at radius 2 is 1.90 bits per heavy atom. The maximum atomic E-state index is 11.8. The number of aromatic nitrogens is 2. The van der Waals surface area contributed by atoms with Crippen LogP contribution in [0.3, 0.4) is 0 Å². The molecule has 0 N–H and O–H groups in total. The fourth-order valence-electron chi connectivity index (χ4n) is 1.40. The van der Waals surface area contributed by atoms with Gasteiger partial charge in [-0.1, -0.05) is 11.6 Å². The van der Waals surface area contributed by atoms with E-state index >= 15 is 0 Å². The molecule has 1 aromatic heterocycles. The largest absolute Gasteiger partial charge is 0.240 e. The Labute approximate surface area is 126 Å². The molecule has 0 bridgehead atoms. The van der Waals surface area contributed by atoms with Gasteiger partial charge in [0.2, 0.25) is 0 Å². The van der Waals surface area contributed by atoms with E-state index in [0.29, 0.717) is 10.7 Å². The van der Waals surface area contributed by atoms with Crippen molar-refractivity contribution in [3.8, 4) is 5.69 Å². The zero-order valence-electron chi connectivity index (χ0n) is 11.6. The topological polar surface area (TPSA) is 47.2 Å². The normalized spacial score (nSPS) is 13.8. The van der Waals surface area contributed by atoms with Crippen LogP contribution in [0.1, 0.15) is 26.5 Å². The molecule has 2 aromatic rings. The van der Waals surface area contributed by atoms with Crippen molar-refractivity contribution < 1.29 is 4.21 Å². The Hall–Kier alpha value is -1.46. The molecular formula is C14H16ClN3OS. The molecule has 20 heavy (non-hydrogen) atoms. The summed E-state index contributed by atoms with van der Waals surface area (Å²) in [5.41, 5.74) is 1.57. The molecule has 2 rings (SSSR count). The van der Waals surface area contributed by atoms with Crippen LogP contribution in [0.25, 0.3) is 5.69 Å². The van der Waals surface area contributed by atoms with Crippen LogP contribution in [0.4, 0.5) is 0 Å². The molecule has 0 aliphatic heterocycles. The van der Waals surface area contributed by atoms with Gasteiger partial charge in [-0.3, -0.25) is 0 Å². The number of nitrogens with zero attached hydrogens (tertiary/aromatic N) is 3. The molecule has 4 nitrogen and oxygen atoms in total. The second kappa shape index (κ2) is 5.89. The van der Waals surface area contributed by atoms with Crippen LogP contribution in [0.5, 0.6) is 0 Å². The van der Waals surface area contributed by atoms with E-state index < -0.39 is 11.0 Å². The Morgan fingerprint density at radius 1 is 1.25 bits per heavy atom. The maximum Gasteiger partial charge on any atom is 0.144 e. The van der Waals surface area contributed by atoms with Crippen molar-refractivity contribution in [2.45, 2.75) is 25.5 Å². The number of hydrogen-bond donors (Lipinski definition) is 0. The third-order valence-corrected chi connectivity index (χ3v) is 4.10. The Balaban J connectivity index is 2.15. The van der Waals surface area contributed by atoms with E-state index in [1.165, 1.54) is 6.21 Å². The van der Waals surface area contributed by atoms with Gasteiger partial charge in [0.05, 0.1) is 16.6 Å². The van der Waals surface area contributed by atoms with Crippen molar-refractivity contribution in [3.63, 3.8) is 0 Å². The van der Waals surface area contributed by atoms with Gasteiger partial charge >= 0.3 is 0 Å². The van der Waals surface area contributed by atoms with Gasteiger partial charge in [-0.15, -0.1) is 0 Å². The summed E-state index contributed by atoms with van der Waals surface area (Å²) in [5.74, 6) is 0. The quantitative estimate of drug-likeness (QED) is 0.816. The van der Waals surface area contributed by atoms with Crippen LogP contribution in [-0.4, -0.2) is 25.0 Å². The molecule has 1 atom stereocenters. The lowest BCUT2D eigenvalue weighted by Crippen LogP contribution is -2.19. The third-order valence-electron chi connectivity index (χ3n) is 2.51. The molecule has 0 aliphatic rings. The summed E-state index contributed by atoms with van der Waals surface area (Å²) >= 11 is 5.85. The van der Waals surface area contributed by atoms with Crippen LogP contribution in [0, 0.1) is 0 Å². The highest BCUT2D eigenvalue weighted by Gasteiger charge is 2.18. The van der Waals surface area contributed by atoms with E-state index in [9.17, 15) is 4.21 Å². The van der Waals surface area contributed by atoms with Gasteiger partial charge < -0.3 is 0 Å². The predicted octanol–water partition coefficient (Wildman–Crippen LogP) is 3.41. The Morgan fingerprint density at radius 3 is 2.50 bits per heavy atom. The smallest absolute Gasteiger partial charge is 0.144 e. The molecule has 6 heteroatoms. The van der Waals surface area contributed by atoms with Crippen molar-refractivity contribution in [2.24, 2.45) is 4.40 Å². The van der Waals surface area contributed by atoms with Crippen LogP contribution in [-0.2, 0) is 11.0 Å². The maximum absolute atomic E-state index is 11.8. The summed E-state index contributed by atoms with van der Waals surface area (Å²) in [5, 5.41) is 5.04. The lowest BCUT2D eigenvalue weighted by atomic mass is 10.3. The van der Waals surface area contributed by atoms with Gasteiger partial charge in [0, 0.05) is 11.2 Å². The fraction of sp³-hybridized carbons (Fsp3) is 0.286. The second-order valence-corrected chi connectivity index (χ2v) is 7.63. The molecule has 0 saturated heterocycles. The lowest BCUT2D eigenvalue weighted by molar-refractivity contribution is 0.651. The van der Waals surface area contributed by atoms with Gasteiger partial charge in [-0.25, -0.2) is 8.89 Å². The van der Waals surface area contributed by atoms with Crippen molar-refractivity contribution >= 4 is 28.8 Å². The molecule has 0 amide bonds. The summed E-state index contributed by atoms with van der Waals surface area (Å²) in [6.07, 6.45) is 3.36. The molecule has 0 fully saturated rings. The van der Waals surface area contributed by atoms with Crippen molar-refractivity contribution in [2.75, 3.05) is 0 Å². The minimum Gasteiger partial charge on any atom is -0.240 e. The number of halogens is 1. The summed E-state index contributed by atoms with van der Waals surface area (Å²) in [7, 11) is -1.27. The predicted molar refractivity (Wildman–Crippen MR) is 84.1 cm³/mol. The van der Waals surface area contributed by atoms with Gasteiger partial charge in [0.15, 0.2) is 0 Å². The number of hydrogen-bond acceptors (Lipinski definition) is 2. The molecule has 0 aliphatic carbocycles. The van der Waals surface area contributed by atoms with Crippen LogP contribution in [0.2, 0.25) is 5.02 Å². The highest BCUT2D eigenvalue weighted by molar-refractivity contribution is 7.85. The van der Waals surface area contributed by atoms with Crippen molar-refractivity contribution in [1.82, 2.24) is 9.78 Å². The molecule has 106 valence electrons. The van der Waals surface area contributed by atoms with Crippen LogP contribution < -0.4 is 0 Å². The molecule has 1 heterocycles. The second-order valence-electron chi connectivity index (χ2n) is 5.26. The first-order valence-corrected chi connectivity index (χ1v) is 7.62. The average molecular weight is 310 g/mol.